The number of halogens is 2. The smallest absolute Gasteiger partial charge is 0.387 e. The van der Waals surface area contributed by atoms with Gasteiger partial charge in [-0.3, -0.25) is 4.79 Å². The van der Waals surface area contributed by atoms with Gasteiger partial charge in [-0.05, 0) is 54.8 Å². The summed E-state index contributed by atoms with van der Waals surface area (Å²) < 4.78 is 34.4. The predicted octanol–water partition coefficient (Wildman–Crippen LogP) is 5.00. The van der Waals surface area contributed by atoms with Crippen molar-refractivity contribution in [3.05, 3.63) is 81.8 Å². The maximum atomic E-state index is 12.2. The summed E-state index contributed by atoms with van der Waals surface area (Å²) in [5, 5.41) is 5.76. The van der Waals surface area contributed by atoms with Crippen molar-refractivity contribution in [2.45, 2.75) is 26.6 Å². The average Bonchev–Trinajstić information content (AvgIpc) is 3.17. The maximum absolute atomic E-state index is 12.2. The fraction of sp³-hybridized carbons (Fsp3) is 0.217. The fourth-order valence-electron chi connectivity index (χ4n) is 2.74. The van der Waals surface area contributed by atoms with Gasteiger partial charge >= 0.3 is 6.61 Å². The number of amides is 1. The molecule has 162 valence electrons. The molecule has 0 saturated heterocycles. The minimum absolute atomic E-state index is 0.110. The highest BCUT2D eigenvalue weighted by Gasteiger charge is 2.04. The molecule has 0 aliphatic carbocycles. The van der Waals surface area contributed by atoms with E-state index in [-0.39, 0.29) is 11.7 Å². The van der Waals surface area contributed by atoms with Crippen molar-refractivity contribution in [1.29, 1.82) is 0 Å². The van der Waals surface area contributed by atoms with E-state index < -0.39 is 6.61 Å². The highest BCUT2D eigenvalue weighted by atomic mass is 32.1. The topological polar surface area (TPSA) is 60.5 Å². The number of benzene rings is 2. The third-order valence-corrected chi connectivity index (χ3v) is 5.02. The standard InChI is InChI=1S/C23H22F2N2O3S/c1-16-27-19(15-31-16)14-29-21-4-2-3-18(13-21)7-10-22(28)26-12-11-17-5-8-20(9-6-17)30-23(24)25/h2-10,13,15,23H,11-12,14H2,1H3,(H,26,28)/b10-7+. The van der Waals surface area contributed by atoms with Crippen LogP contribution in [0.3, 0.4) is 0 Å². The van der Waals surface area contributed by atoms with E-state index in [0.29, 0.717) is 25.3 Å². The zero-order chi connectivity index (χ0) is 22.1. The van der Waals surface area contributed by atoms with Crippen molar-refractivity contribution in [2.75, 3.05) is 6.54 Å². The summed E-state index contributed by atoms with van der Waals surface area (Å²) in [6.45, 7) is -0.0696. The number of hydrogen-bond acceptors (Lipinski definition) is 5. The maximum Gasteiger partial charge on any atom is 0.387 e. The summed E-state index contributed by atoms with van der Waals surface area (Å²) in [5.74, 6) is 0.591. The molecule has 0 spiro atoms. The summed E-state index contributed by atoms with van der Waals surface area (Å²) in [4.78, 5) is 16.4. The summed E-state index contributed by atoms with van der Waals surface area (Å²) >= 11 is 1.58. The SMILES string of the molecule is Cc1nc(COc2cccc(/C=C/C(=O)NCCc3ccc(OC(F)F)cc3)c2)cs1. The number of thiazole rings is 1. The Morgan fingerprint density at radius 3 is 2.71 bits per heavy atom. The molecular formula is C23H22F2N2O3S. The van der Waals surface area contributed by atoms with E-state index >= 15 is 0 Å². The van der Waals surface area contributed by atoms with Crippen molar-refractivity contribution in [1.82, 2.24) is 10.3 Å². The summed E-state index contributed by atoms with van der Waals surface area (Å²) in [5.41, 5.74) is 2.64. The van der Waals surface area contributed by atoms with Gasteiger partial charge < -0.3 is 14.8 Å². The average molecular weight is 445 g/mol. The first-order valence-electron chi connectivity index (χ1n) is 9.61. The van der Waals surface area contributed by atoms with Crippen LogP contribution in [-0.4, -0.2) is 24.0 Å². The number of hydrogen-bond donors (Lipinski definition) is 1. The van der Waals surface area contributed by atoms with Crippen LogP contribution < -0.4 is 14.8 Å². The molecule has 0 saturated carbocycles. The first-order valence-corrected chi connectivity index (χ1v) is 10.5. The Morgan fingerprint density at radius 1 is 1.19 bits per heavy atom. The van der Waals surface area contributed by atoms with E-state index in [9.17, 15) is 13.6 Å². The van der Waals surface area contributed by atoms with E-state index in [2.05, 4.69) is 15.0 Å². The highest BCUT2D eigenvalue weighted by molar-refractivity contribution is 7.09. The van der Waals surface area contributed by atoms with Gasteiger partial charge in [-0.2, -0.15) is 8.78 Å². The second-order valence-corrected chi connectivity index (χ2v) is 7.68. The molecule has 1 amide bonds. The van der Waals surface area contributed by atoms with Crippen LogP contribution in [0.15, 0.2) is 60.0 Å². The molecule has 5 nitrogen and oxygen atoms in total. The molecule has 31 heavy (non-hydrogen) atoms. The van der Waals surface area contributed by atoms with Crippen LogP contribution in [0.5, 0.6) is 11.5 Å². The number of nitrogens with one attached hydrogen (secondary N) is 1. The molecule has 0 unspecified atom stereocenters. The van der Waals surface area contributed by atoms with Crippen LogP contribution in [0, 0.1) is 6.92 Å². The molecule has 8 heteroatoms. The van der Waals surface area contributed by atoms with Gasteiger partial charge in [-0.25, -0.2) is 4.98 Å². The van der Waals surface area contributed by atoms with Crippen LogP contribution in [0.4, 0.5) is 8.78 Å². The lowest BCUT2D eigenvalue weighted by Gasteiger charge is -2.06. The van der Waals surface area contributed by atoms with Gasteiger partial charge in [0.1, 0.15) is 18.1 Å². The molecule has 1 N–H and O–H groups in total. The minimum atomic E-state index is -2.84. The van der Waals surface area contributed by atoms with Gasteiger partial charge in [0.15, 0.2) is 0 Å². The van der Waals surface area contributed by atoms with Crippen molar-refractivity contribution < 1.29 is 23.0 Å². The van der Waals surface area contributed by atoms with E-state index in [4.69, 9.17) is 4.74 Å². The van der Waals surface area contributed by atoms with Gasteiger partial charge in [-0.15, -0.1) is 11.3 Å². The van der Waals surface area contributed by atoms with Crippen LogP contribution in [-0.2, 0) is 17.8 Å². The molecule has 3 rings (SSSR count). The first kappa shape index (κ1) is 22.4. The summed E-state index contributed by atoms with van der Waals surface area (Å²) in [7, 11) is 0. The molecule has 0 radical (unpaired) electrons. The molecule has 0 fully saturated rings. The number of aryl methyl sites for hydroxylation is 1. The van der Waals surface area contributed by atoms with Crippen molar-refractivity contribution in [2.24, 2.45) is 0 Å². The lowest BCUT2D eigenvalue weighted by molar-refractivity contribution is -0.116. The number of alkyl halides is 2. The van der Waals surface area contributed by atoms with Crippen LogP contribution in [0.2, 0.25) is 0 Å². The molecule has 0 bridgehead atoms. The molecular weight excluding hydrogens is 422 g/mol. The summed E-state index contributed by atoms with van der Waals surface area (Å²) in [6, 6.07) is 13.8. The summed E-state index contributed by atoms with van der Waals surface area (Å²) in [6.07, 6.45) is 3.75. The van der Waals surface area contributed by atoms with Crippen LogP contribution in [0.1, 0.15) is 21.8 Å². The van der Waals surface area contributed by atoms with Crippen molar-refractivity contribution in [3.63, 3.8) is 0 Å². The number of rotatable bonds is 10. The second kappa shape index (κ2) is 11.2. The lowest BCUT2D eigenvalue weighted by atomic mass is 10.1. The van der Waals surface area contributed by atoms with E-state index in [1.54, 1.807) is 29.5 Å². The van der Waals surface area contributed by atoms with Gasteiger partial charge in [0.2, 0.25) is 5.91 Å². The predicted molar refractivity (Wildman–Crippen MR) is 116 cm³/mol. The Labute approximate surface area is 183 Å². The highest BCUT2D eigenvalue weighted by Crippen LogP contribution is 2.17. The molecule has 0 aliphatic rings. The third-order valence-electron chi connectivity index (χ3n) is 4.20. The van der Waals surface area contributed by atoms with Gasteiger partial charge in [0.05, 0.1) is 10.7 Å². The Morgan fingerprint density at radius 2 is 2.00 bits per heavy atom. The number of carbonyl (C=O) groups is 1. The van der Waals surface area contributed by atoms with Crippen LogP contribution >= 0.6 is 11.3 Å². The fourth-order valence-corrected chi connectivity index (χ4v) is 3.34. The number of aromatic nitrogens is 1. The monoisotopic (exact) mass is 444 g/mol. The third kappa shape index (κ3) is 7.82. The molecule has 3 aromatic rings. The lowest BCUT2D eigenvalue weighted by Crippen LogP contribution is -2.23. The van der Waals surface area contributed by atoms with Crippen molar-refractivity contribution in [3.8, 4) is 11.5 Å². The van der Waals surface area contributed by atoms with Gasteiger partial charge in [-0.1, -0.05) is 24.3 Å². The van der Waals surface area contributed by atoms with E-state index in [0.717, 1.165) is 21.8 Å². The normalized spacial score (nSPS) is 11.1. The number of nitrogens with zero attached hydrogens (tertiary/aromatic N) is 1. The molecule has 2 aromatic carbocycles. The van der Waals surface area contributed by atoms with E-state index in [1.165, 1.54) is 18.2 Å². The Kier molecular flexibility index (Phi) is 8.12. The van der Waals surface area contributed by atoms with Crippen LogP contribution in [0.25, 0.3) is 6.08 Å². The Bertz CT molecular complexity index is 1020. The molecule has 0 atom stereocenters. The number of ether oxygens (including phenoxy) is 2. The largest absolute Gasteiger partial charge is 0.487 e. The Balaban J connectivity index is 1.43. The molecule has 0 aliphatic heterocycles. The quantitative estimate of drug-likeness (QED) is 0.447. The first-order chi connectivity index (χ1) is 15.0. The van der Waals surface area contributed by atoms with E-state index in [1.807, 2.05) is 36.6 Å². The minimum Gasteiger partial charge on any atom is -0.487 e. The zero-order valence-electron chi connectivity index (χ0n) is 16.9. The Hall–Kier alpha value is -3.26. The van der Waals surface area contributed by atoms with Gasteiger partial charge in [0, 0.05) is 18.0 Å². The van der Waals surface area contributed by atoms with Crippen molar-refractivity contribution >= 4 is 23.3 Å². The second-order valence-electron chi connectivity index (χ2n) is 6.62. The molecule has 1 aromatic heterocycles. The zero-order valence-corrected chi connectivity index (χ0v) is 17.7. The van der Waals surface area contributed by atoms with Gasteiger partial charge in [0.25, 0.3) is 0 Å². The molecule has 1 heterocycles. The number of carbonyl (C=O) groups excluding carboxylic acids is 1.